The molecule has 0 spiro atoms. The minimum absolute atomic E-state index is 0.215. The summed E-state index contributed by atoms with van der Waals surface area (Å²) in [7, 11) is 0. The van der Waals surface area contributed by atoms with Gasteiger partial charge in [-0.1, -0.05) is 23.7 Å². The summed E-state index contributed by atoms with van der Waals surface area (Å²) < 4.78 is 5.58. The van der Waals surface area contributed by atoms with Crippen LogP contribution >= 0.6 is 11.6 Å². The van der Waals surface area contributed by atoms with Gasteiger partial charge in [0.15, 0.2) is 0 Å². The normalized spacial score (nSPS) is 11.2. The highest BCUT2D eigenvalue weighted by atomic mass is 35.5. The van der Waals surface area contributed by atoms with Gasteiger partial charge in [-0.15, -0.1) is 0 Å². The Bertz CT molecular complexity index is 409. The largest absolute Gasteiger partial charge is 0.377 e. The van der Waals surface area contributed by atoms with Crippen molar-refractivity contribution in [1.82, 2.24) is 0 Å². The summed E-state index contributed by atoms with van der Waals surface area (Å²) >= 11 is 5.89. The van der Waals surface area contributed by atoms with Gasteiger partial charge in [0, 0.05) is 11.6 Å². The van der Waals surface area contributed by atoms with Gasteiger partial charge in [0.2, 0.25) is 0 Å². The lowest BCUT2D eigenvalue weighted by molar-refractivity contribution is 0.115. The number of unbranched alkanes of at least 4 members (excludes halogenated alkanes) is 1. The molecule has 1 aromatic rings. The summed E-state index contributed by atoms with van der Waals surface area (Å²) in [6.07, 6.45) is 2.94. The monoisotopic (exact) mass is 265 g/mol. The lowest BCUT2D eigenvalue weighted by Crippen LogP contribution is -2.07. The number of hydrogen-bond donors (Lipinski definition) is 0. The average Bonchev–Trinajstić information content (AvgIpc) is 2.34. The van der Waals surface area contributed by atoms with Crippen molar-refractivity contribution in [1.29, 1.82) is 5.26 Å². The lowest BCUT2D eigenvalue weighted by atomic mass is 9.89. The molecule has 0 saturated heterocycles. The quantitative estimate of drug-likeness (QED) is 0.676. The van der Waals surface area contributed by atoms with Gasteiger partial charge in [-0.05, 0) is 50.8 Å². The van der Waals surface area contributed by atoms with E-state index in [0.29, 0.717) is 6.61 Å². The zero-order valence-corrected chi connectivity index (χ0v) is 11.8. The maximum Gasteiger partial charge on any atom is 0.0717 e. The van der Waals surface area contributed by atoms with Crippen LogP contribution in [0.2, 0.25) is 5.02 Å². The molecule has 0 aliphatic carbocycles. The molecule has 0 aliphatic rings. The molecule has 3 heteroatoms. The molecular formula is C15H20ClNO. The molecule has 0 aliphatic heterocycles. The minimum Gasteiger partial charge on any atom is -0.377 e. The molecule has 0 atom stereocenters. The summed E-state index contributed by atoms with van der Waals surface area (Å²) in [5, 5.41) is 9.62. The molecule has 0 unspecified atom stereocenters. The number of benzene rings is 1. The smallest absolute Gasteiger partial charge is 0.0717 e. The fourth-order valence-corrected chi connectivity index (χ4v) is 1.86. The lowest BCUT2D eigenvalue weighted by Gasteiger charge is -2.14. The molecule has 0 amide bonds. The maximum atomic E-state index is 8.88. The molecular weight excluding hydrogens is 246 g/mol. The molecule has 0 aromatic heterocycles. The van der Waals surface area contributed by atoms with Crippen LogP contribution in [0, 0.1) is 16.7 Å². The van der Waals surface area contributed by atoms with Crippen molar-refractivity contribution in [2.24, 2.45) is 5.41 Å². The third-order valence-corrected chi connectivity index (χ3v) is 3.04. The number of hydrogen-bond acceptors (Lipinski definition) is 2. The van der Waals surface area contributed by atoms with Gasteiger partial charge in [0.05, 0.1) is 18.1 Å². The van der Waals surface area contributed by atoms with E-state index in [1.54, 1.807) is 0 Å². The molecule has 0 fully saturated rings. The van der Waals surface area contributed by atoms with E-state index < -0.39 is 0 Å². The molecule has 1 aromatic carbocycles. The van der Waals surface area contributed by atoms with Crippen LogP contribution < -0.4 is 0 Å². The van der Waals surface area contributed by atoms with E-state index in [-0.39, 0.29) is 5.41 Å². The number of halogens is 1. The number of nitrogens with zero attached hydrogens (tertiary/aromatic N) is 1. The van der Waals surface area contributed by atoms with E-state index in [2.05, 4.69) is 6.07 Å². The number of ether oxygens (including phenoxy) is 1. The summed E-state index contributed by atoms with van der Waals surface area (Å²) in [6.45, 7) is 5.27. The summed E-state index contributed by atoms with van der Waals surface area (Å²) in [4.78, 5) is 0. The SMILES string of the molecule is CC(C)(C#N)CCCCOCc1cccc(Cl)c1. The Hall–Kier alpha value is -1.04. The number of rotatable bonds is 7. The first-order chi connectivity index (χ1) is 8.53. The minimum atomic E-state index is -0.215. The van der Waals surface area contributed by atoms with Crippen LogP contribution in [-0.2, 0) is 11.3 Å². The van der Waals surface area contributed by atoms with Crippen molar-refractivity contribution in [3.8, 4) is 6.07 Å². The second kappa shape index (κ2) is 7.41. The van der Waals surface area contributed by atoms with E-state index in [1.165, 1.54) is 0 Å². The highest BCUT2D eigenvalue weighted by Crippen LogP contribution is 2.21. The third kappa shape index (κ3) is 6.05. The summed E-state index contributed by atoms with van der Waals surface area (Å²) in [5.41, 5.74) is 0.882. The molecule has 0 radical (unpaired) electrons. The molecule has 98 valence electrons. The molecule has 2 nitrogen and oxygen atoms in total. The maximum absolute atomic E-state index is 8.88. The zero-order chi connectivity index (χ0) is 13.4. The van der Waals surface area contributed by atoms with E-state index in [9.17, 15) is 0 Å². The van der Waals surface area contributed by atoms with E-state index in [1.807, 2.05) is 38.1 Å². The van der Waals surface area contributed by atoms with Crippen LogP contribution in [0.15, 0.2) is 24.3 Å². The van der Waals surface area contributed by atoms with Crippen molar-refractivity contribution in [3.05, 3.63) is 34.9 Å². The Kier molecular flexibility index (Phi) is 6.18. The molecule has 0 heterocycles. The van der Waals surface area contributed by atoms with Gasteiger partial charge in [0.25, 0.3) is 0 Å². The number of nitriles is 1. The van der Waals surface area contributed by atoms with Crippen molar-refractivity contribution >= 4 is 11.6 Å². The molecule has 0 N–H and O–H groups in total. The van der Waals surface area contributed by atoms with Crippen LogP contribution in [0.25, 0.3) is 0 Å². The van der Waals surface area contributed by atoms with Crippen LogP contribution in [0.1, 0.15) is 38.7 Å². The molecule has 0 bridgehead atoms. The summed E-state index contributed by atoms with van der Waals surface area (Å²) in [6, 6.07) is 10.0. The first-order valence-corrected chi connectivity index (χ1v) is 6.65. The van der Waals surface area contributed by atoms with Gasteiger partial charge in [0.1, 0.15) is 0 Å². The zero-order valence-electron chi connectivity index (χ0n) is 11.1. The van der Waals surface area contributed by atoms with Gasteiger partial charge in [-0.3, -0.25) is 0 Å². The van der Waals surface area contributed by atoms with E-state index in [0.717, 1.165) is 36.5 Å². The molecule has 0 saturated carbocycles. The Morgan fingerprint density at radius 2 is 2.11 bits per heavy atom. The molecule has 18 heavy (non-hydrogen) atoms. The summed E-state index contributed by atoms with van der Waals surface area (Å²) in [5.74, 6) is 0. The Balaban J connectivity index is 2.11. The van der Waals surface area contributed by atoms with Crippen LogP contribution in [0.5, 0.6) is 0 Å². The first-order valence-electron chi connectivity index (χ1n) is 6.27. The van der Waals surface area contributed by atoms with Gasteiger partial charge in [-0.25, -0.2) is 0 Å². The average molecular weight is 266 g/mol. The predicted molar refractivity (Wildman–Crippen MR) is 74.4 cm³/mol. The van der Waals surface area contributed by atoms with E-state index in [4.69, 9.17) is 21.6 Å². The van der Waals surface area contributed by atoms with Crippen molar-refractivity contribution < 1.29 is 4.74 Å². The van der Waals surface area contributed by atoms with Crippen molar-refractivity contribution in [2.75, 3.05) is 6.61 Å². The fourth-order valence-electron chi connectivity index (χ4n) is 1.64. The third-order valence-electron chi connectivity index (χ3n) is 2.80. The second-order valence-corrected chi connectivity index (χ2v) is 5.57. The van der Waals surface area contributed by atoms with Gasteiger partial charge >= 0.3 is 0 Å². The Morgan fingerprint density at radius 1 is 1.33 bits per heavy atom. The predicted octanol–water partition coefficient (Wildman–Crippen LogP) is 4.58. The standard InChI is InChI=1S/C15H20ClNO/c1-15(2,12-17)8-3-4-9-18-11-13-6-5-7-14(16)10-13/h5-7,10H,3-4,8-9,11H2,1-2H3. The molecule has 1 rings (SSSR count). The topological polar surface area (TPSA) is 33.0 Å². The highest BCUT2D eigenvalue weighted by Gasteiger charge is 2.15. The Morgan fingerprint density at radius 3 is 2.78 bits per heavy atom. The first kappa shape index (κ1) is 15.0. The fraction of sp³-hybridized carbons (Fsp3) is 0.533. The Labute approximate surface area is 115 Å². The van der Waals surface area contributed by atoms with Crippen molar-refractivity contribution in [2.45, 2.75) is 39.7 Å². The highest BCUT2D eigenvalue weighted by molar-refractivity contribution is 6.30. The van der Waals surface area contributed by atoms with E-state index >= 15 is 0 Å². The van der Waals surface area contributed by atoms with Gasteiger partial charge in [-0.2, -0.15) is 5.26 Å². The second-order valence-electron chi connectivity index (χ2n) is 5.14. The van der Waals surface area contributed by atoms with Crippen LogP contribution in [0.3, 0.4) is 0 Å². The van der Waals surface area contributed by atoms with Crippen LogP contribution in [-0.4, -0.2) is 6.61 Å². The van der Waals surface area contributed by atoms with Crippen LogP contribution in [0.4, 0.5) is 0 Å². The van der Waals surface area contributed by atoms with Gasteiger partial charge < -0.3 is 4.74 Å². The van der Waals surface area contributed by atoms with Crippen molar-refractivity contribution in [3.63, 3.8) is 0 Å².